The molecule has 1 aliphatic heterocycles. The Kier molecular flexibility index (Phi) is 3.40. The lowest BCUT2D eigenvalue weighted by molar-refractivity contribution is -0.129. The van der Waals surface area contributed by atoms with Crippen molar-refractivity contribution in [2.24, 2.45) is 0 Å². The van der Waals surface area contributed by atoms with Gasteiger partial charge in [0.1, 0.15) is 6.04 Å². The van der Waals surface area contributed by atoms with E-state index in [-0.39, 0.29) is 5.91 Å². The van der Waals surface area contributed by atoms with Crippen LogP contribution in [0.5, 0.6) is 0 Å². The maximum atomic E-state index is 12.0. The van der Waals surface area contributed by atoms with Gasteiger partial charge in [-0.1, -0.05) is 30.3 Å². The minimum Gasteiger partial charge on any atom is -0.391 e. The number of aliphatic hydroxyl groups is 1. The monoisotopic (exact) mass is 250 g/mol. The fourth-order valence-electron chi connectivity index (χ4n) is 1.78. The molecule has 5 heteroatoms. The number of thiocarbonyl (C=S) groups is 1. The second-order valence-corrected chi connectivity index (χ2v) is 4.46. The highest BCUT2D eigenvalue weighted by molar-refractivity contribution is 7.80. The summed E-state index contributed by atoms with van der Waals surface area (Å²) in [5, 5.41) is 12.7. The van der Waals surface area contributed by atoms with Crippen molar-refractivity contribution in [3.8, 4) is 0 Å². The molecule has 17 heavy (non-hydrogen) atoms. The number of nitrogens with one attached hydrogen (secondary N) is 1. The quantitative estimate of drug-likeness (QED) is 0.774. The van der Waals surface area contributed by atoms with Crippen molar-refractivity contribution in [1.82, 2.24) is 10.2 Å². The third-order valence-electron chi connectivity index (χ3n) is 2.72. The predicted molar refractivity (Wildman–Crippen MR) is 68.2 cm³/mol. The van der Waals surface area contributed by atoms with Crippen LogP contribution in [0.4, 0.5) is 0 Å². The summed E-state index contributed by atoms with van der Waals surface area (Å²) in [6, 6.07) is 9.00. The molecule has 0 radical (unpaired) electrons. The van der Waals surface area contributed by atoms with Crippen molar-refractivity contribution in [3.63, 3.8) is 0 Å². The largest absolute Gasteiger partial charge is 0.391 e. The number of rotatable bonds is 3. The summed E-state index contributed by atoms with van der Waals surface area (Å²) >= 11 is 5.10. The van der Waals surface area contributed by atoms with E-state index < -0.39 is 12.1 Å². The standard InChI is InChI=1S/C12H14N2O2S/c1-8(15)10-11(16)14(12(17)13-10)7-9-5-3-2-4-6-9/h2-6,8,10,15H,7H2,1H3,(H,13,17)/t8-,10-/m0/s1. The van der Waals surface area contributed by atoms with Gasteiger partial charge in [0.15, 0.2) is 5.11 Å². The number of hydrogen-bond donors (Lipinski definition) is 2. The minimum atomic E-state index is -0.749. The van der Waals surface area contributed by atoms with E-state index in [1.54, 1.807) is 6.92 Å². The molecule has 0 bridgehead atoms. The van der Waals surface area contributed by atoms with Gasteiger partial charge in [0.25, 0.3) is 5.91 Å². The molecule has 0 saturated carbocycles. The summed E-state index contributed by atoms with van der Waals surface area (Å²) < 4.78 is 0. The van der Waals surface area contributed by atoms with Crippen LogP contribution in [0, 0.1) is 0 Å². The van der Waals surface area contributed by atoms with E-state index in [0.29, 0.717) is 11.7 Å². The van der Waals surface area contributed by atoms with Crippen molar-refractivity contribution in [1.29, 1.82) is 0 Å². The van der Waals surface area contributed by atoms with Crippen LogP contribution in [0.25, 0.3) is 0 Å². The molecule has 1 aromatic rings. The lowest BCUT2D eigenvalue weighted by Crippen LogP contribution is -2.39. The Morgan fingerprint density at radius 3 is 2.65 bits per heavy atom. The Labute approximate surface area is 105 Å². The first-order chi connectivity index (χ1) is 8.09. The molecule has 0 aromatic heterocycles. The number of hydrogen-bond acceptors (Lipinski definition) is 3. The Morgan fingerprint density at radius 2 is 2.12 bits per heavy atom. The molecule has 2 rings (SSSR count). The lowest BCUT2D eigenvalue weighted by Gasteiger charge is -2.15. The van der Waals surface area contributed by atoms with E-state index in [0.717, 1.165) is 5.56 Å². The molecule has 1 aliphatic rings. The predicted octanol–water partition coefficient (Wildman–Crippen LogP) is 0.653. The minimum absolute atomic E-state index is 0.172. The number of benzene rings is 1. The van der Waals surface area contributed by atoms with Crippen LogP contribution in [0.15, 0.2) is 30.3 Å². The highest BCUT2D eigenvalue weighted by Gasteiger charge is 2.37. The summed E-state index contributed by atoms with van der Waals surface area (Å²) in [5.41, 5.74) is 1.01. The van der Waals surface area contributed by atoms with Crippen molar-refractivity contribution in [3.05, 3.63) is 35.9 Å². The molecular weight excluding hydrogens is 236 g/mol. The van der Waals surface area contributed by atoms with Crippen molar-refractivity contribution >= 4 is 23.2 Å². The summed E-state index contributed by atoms with van der Waals surface area (Å²) in [5.74, 6) is -0.172. The fraction of sp³-hybridized carbons (Fsp3) is 0.333. The first kappa shape index (κ1) is 12.0. The second-order valence-electron chi connectivity index (χ2n) is 4.08. The smallest absolute Gasteiger partial charge is 0.254 e. The van der Waals surface area contributed by atoms with Crippen LogP contribution in [0.1, 0.15) is 12.5 Å². The SMILES string of the molecule is C[C@H](O)[C@@H]1NC(=S)N(Cc2ccccc2)C1=O. The van der Waals surface area contributed by atoms with Gasteiger partial charge in [-0.2, -0.15) is 0 Å². The van der Waals surface area contributed by atoms with Gasteiger partial charge in [-0.05, 0) is 24.7 Å². The molecule has 1 fully saturated rings. The van der Waals surface area contributed by atoms with E-state index in [4.69, 9.17) is 12.2 Å². The number of aliphatic hydroxyl groups excluding tert-OH is 1. The van der Waals surface area contributed by atoms with E-state index in [1.807, 2.05) is 30.3 Å². The number of carbonyl (C=O) groups is 1. The molecule has 0 aliphatic carbocycles. The Balaban J connectivity index is 2.12. The van der Waals surface area contributed by atoms with E-state index >= 15 is 0 Å². The molecule has 0 unspecified atom stereocenters. The average molecular weight is 250 g/mol. The van der Waals surface area contributed by atoms with Gasteiger partial charge in [0, 0.05) is 0 Å². The van der Waals surface area contributed by atoms with Crippen molar-refractivity contribution in [2.75, 3.05) is 0 Å². The zero-order valence-corrected chi connectivity index (χ0v) is 10.3. The molecule has 1 amide bonds. The molecule has 0 spiro atoms. The van der Waals surface area contributed by atoms with Gasteiger partial charge in [-0.3, -0.25) is 9.69 Å². The normalized spacial score (nSPS) is 21.5. The van der Waals surface area contributed by atoms with Crippen LogP contribution in [0.2, 0.25) is 0 Å². The van der Waals surface area contributed by atoms with E-state index in [1.165, 1.54) is 4.90 Å². The Bertz CT molecular complexity index is 433. The number of nitrogens with zero attached hydrogens (tertiary/aromatic N) is 1. The van der Waals surface area contributed by atoms with Crippen LogP contribution >= 0.6 is 12.2 Å². The molecule has 90 valence electrons. The number of carbonyl (C=O) groups excluding carboxylic acids is 1. The molecule has 1 heterocycles. The van der Waals surface area contributed by atoms with Gasteiger partial charge in [0.05, 0.1) is 12.6 Å². The van der Waals surface area contributed by atoms with Gasteiger partial charge in [-0.15, -0.1) is 0 Å². The molecule has 4 nitrogen and oxygen atoms in total. The lowest BCUT2D eigenvalue weighted by atomic mass is 10.1. The average Bonchev–Trinajstić information content (AvgIpc) is 2.58. The van der Waals surface area contributed by atoms with E-state index in [9.17, 15) is 9.90 Å². The van der Waals surface area contributed by atoms with Gasteiger partial charge in [-0.25, -0.2) is 0 Å². The molecular formula is C12H14N2O2S. The highest BCUT2D eigenvalue weighted by Crippen LogP contribution is 2.14. The maximum absolute atomic E-state index is 12.0. The van der Waals surface area contributed by atoms with E-state index in [2.05, 4.69) is 5.32 Å². The maximum Gasteiger partial charge on any atom is 0.254 e. The molecule has 2 N–H and O–H groups in total. The molecule has 2 atom stereocenters. The first-order valence-electron chi connectivity index (χ1n) is 5.43. The Morgan fingerprint density at radius 1 is 1.47 bits per heavy atom. The second kappa shape index (κ2) is 4.81. The highest BCUT2D eigenvalue weighted by atomic mass is 32.1. The topological polar surface area (TPSA) is 52.6 Å². The van der Waals surface area contributed by atoms with Gasteiger partial charge < -0.3 is 10.4 Å². The number of amides is 1. The fourth-order valence-corrected chi connectivity index (χ4v) is 2.06. The van der Waals surface area contributed by atoms with Crippen LogP contribution in [-0.4, -0.2) is 33.2 Å². The third kappa shape index (κ3) is 2.45. The zero-order chi connectivity index (χ0) is 12.4. The first-order valence-corrected chi connectivity index (χ1v) is 5.84. The summed E-state index contributed by atoms with van der Waals surface area (Å²) in [7, 11) is 0. The van der Waals surface area contributed by atoms with Gasteiger partial charge >= 0.3 is 0 Å². The molecule has 1 saturated heterocycles. The Hall–Kier alpha value is -1.46. The van der Waals surface area contributed by atoms with Crippen LogP contribution in [-0.2, 0) is 11.3 Å². The zero-order valence-electron chi connectivity index (χ0n) is 9.46. The van der Waals surface area contributed by atoms with Crippen molar-refractivity contribution < 1.29 is 9.90 Å². The third-order valence-corrected chi connectivity index (χ3v) is 3.06. The summed E-state index contributed by atoms with van der Waals surface area (Å²) in [6.45, 7) is 2.01. The van der Waals surface area contributed by atoms with Crippen LogP contribution in [0.3, 0.4) is 0 Å². The molecule has 1 aromatic carbocycles. The van der Waals surface area contributed by atoms with Crippen LogP contribution < -0.4 is 5.32 Å². The summed E-state index contributed by atoms with van der Waals surface area (Å²) in [6.07, 6.45) is -0.749. The van der Waals surface area contributed by atoms with Crippen molar-refractivity contribution in [2.45, 2.75) is 25.6 Å². The summed E-state index contributed by atoms with van der Waals surface area (Å²) in [4.78, 5) is 13.5. The van der Waals surface area contributed by atoms with Gasteiger partial charge in [0.2, 0.25) is 0 Å².